The molecule has 2 aromatic heterocycles. The van der Waals surface area contributed by atoms with Crippen molar-refractivity contribution in [1.29, 1.82) is 0 Å². The number of aromatic nitrogens is 4. The molecule has 1 aliphatic heterocycles. The molecule has 0 unspecified atom stereocenters. The number of methoxy groups -OCH3 is 1. The molecular weight excluding hydrogens is 410 g/mol. The zero-order valence-corrected chi connectivity index (χ0v) is 18.2. The van der Waals surface area contributed by atoms with Crippen LogP contribution in [-0.4, -0.2) is 44.3 Å². The minimum absolute atomic E-state index is 0.538. The molecule has 0 spiro atoms. The summed E-state index contributed by atoms with van der Waals surface area (Å²) in [7, 11) is 3.84. The Labute approximate surface area is 184 Å². The Morgan fingerprint density at radius 1 is 1.16 bits per heavy atom. The van der Waals surface area contributed by atoms with Crippen molar-refractivity contribution in [2.24, 2.45) is 0 Å². The van der Waals surface area contributed by atoms with Crippen LogP contribution in [0.15, 0.2) is 42.7 Å². The van der Waals surface area contributed by atoms with Crippen LogP contribution in [0, 0.1) is 0 Å². The van der Waals surface area contributed by atoms with Gasteiger partial charge in [0.1, 0.15) is 5.75 Å². The van der Waals surface area contributed by atoms with Crippen LogP contribution in [0.1, 0.15) is 16.8 Å². The molecule has 158 valence electrons. The fourth-order valence-electron chi connectivity index (χ4n) is 3.76. The van der Waals surface area contributed by atoms with E-state index in [1.165, 1.54) is 22.9 Å². The van der Waals surface area contributed by atoms with Gasteiger partial charge in [-0.1, -0.05) is 0 Å². The van der Waals surface area contributed by atoms with Crippen molar-refractivity contribution in [3.8, 4) is 5.75 Å². The molecule has 8 nitrogen and oxygen atoms in total. The molecule has 0 saturated carbocycles. The molecule has 0 atom stereocenters. The Hall–Kier alpha value is -3.30. The zero-order valence-electron chi connectivity index (χ0n) is 17.4. The van der Waals surface area contributed by atoms with Crippen molar-refractivity contribution < 1.29 is 4.74 Å². The van der Waals surface area contributed by atoms with Gasteiger partial charge in [0.05, 0.1) is 48.5 Å². The molecule has 0 aliphatic carbocycles. The maximum Gasteiger partial charge on any atom is 0.227 e. The lowest BCUT2D eigenvalue weighted by Crippen LogP contribution is -2.26. The predicted octanol–water partition coefficient (Wildman–Crippen LogP) is 3.83. The number of rotatable bonds is 6. The fourth-order valence-corrected chi connectivity index (χ4v) is 4.20. The number of fused-ring (bicyclic) bond motifs is 2. The molecule has 0 amide bonds. The highest BCUT2D eigenvalue weighted by Gasteiger charge is 2.17. The summed E-state index contributed by atoms with van der Waals surface area (Å²) < 4.78 is 13.9. The Bertz CT molecular complexity index is 1210. The van der Waals surface area contributed by atoms with Crippen molar-refractivity contribution in [2.75, 3.05) is 31.3 Å². The predicted molar refractivity (Wildman–Crippen MR) is 123 cm³/mol. The van der Waals surface area contributed by atoms with Gasteiger partial charge in [0.15, 0.2) is 0 Å². The maximum atomic E-state index is 5.63. The van der Waals surface area contributed by atoms with Crippen LogP contribution in [0.2, 0.25) is 0 Å². The van der Waals surface area contributed by atoms with Crippen molar-refractivity contribution in [3.63, 3.8) is 0 Å². The zero-order chi connectivity index (χ0) is 21.2. The quantitative estimate of drug-likeness (QED) is 0.474. The summed E-state index contributed by atoms with van der Waals surface area (Å²) in [5.41, 5.74) is 6.27. The Balaban J connectivity index is 1.40. The molecule has 0 saturated heterocycles. The van der Waals surface area contributed by atoms with Crippen LogP contribution in [0.5, 0.6) is 5.75 Å². The van der Waals surface area contributed by atoms with Gasteiger partial charge >= 0.3 is 0 Å². The molecule has 0 radical (unpaired) electrons. The third-order valence-corrected chi connectivity index (χ3v) is 5.95. The van der Waals surface area contributed by atoms with E-state index in [-0.39, 0.29) is 0 Å². The SMILES string of the molecule is COc1cc2c(cc1Nc1ncc3ccc(NCc4cnsn4)cc3n1)CN(C)CC2. The molecular formula is C22H23N7OS. The lowest BCUT2D eigenvalue weighted by atomic mass is 9.99. The number of ether oxygens (including phenoxy) is 1. The lowest BCUT2D eigenvalue weighted by molar-refractivity contribution is 0.312. The summed E-state index contributed by atoms with van der Waals surface area (Å²) >= 11 is 1.21. The molecule has 5 rings (SSSR count). The summed E-state index contributed by atoms with van der Waals surface area (Å²) in [6, 6.07) is 10.3. The van der Waals surface area contributed by atoms with Crippen LogP contribution in [0.25, 0.3) is 10.9 Å². The standard InChI is InChI=1S/C22H23N7OS/c1-29-6-5-14-8-21(30-2)20(7-16(14)13-29)27-22-24-10-15-3-4-17(9-19(15)26-22)23-11-18-12-25-31-28-18/h3-4,7-10,12,23H,5-6,11,13H2,1-2H3,(H,24,26,27). The smallest absolute Gasteiger partial charge is 0.227 e. The van der Waals surface area contributed by atoms with E-state index >= 15 is 0 Å². The number of anilines is 3. The van der Waals surface area contributed by atoms with Crippen molar-refractivity contribution >= 4 is 40.0 Å². The van der Waals surface area contributed by atoms with Crippen LogP contribution in [-0.2, 0) is 19.5 Å². The average Bonchev–Trinajstić information content (AvgIpc) is 3.30. The summed E-state index contributed by atoms with van der Waals surface area (Å²) in [5, 5.41) is 7.69. The summed E-state index contributed by atoms with van der Waals surface area (Å²) in [6.45, 7) is 2.61. The molecule has 2 aromatic carbocycles. The van der Waals surface area contributed by atoms with E-state index in [0.717, 1.165) is 53.2 Å². The number of hydrogen-bond donors (Lipinski definition) is 2. The second kappa shape index (κ2) is 8.44. The number of benzene rings is 2. The summed E-state index contributed by atoms with van der Waals surface area (Å²) in [4.78, 5) is 11.5. The number of likely N-dealkylation sites (N-methyl/N-ethyl adjacent to an activating group) is 1. The first-order valence-corrected chi connectivity index (χ1v) is 10.8. The van der Waals surface area contributed by atoms with Crippen molar-refractivity contribution in [3.05, 3.63) is 59.5 Å². The Kier molecular flexibility index (Phi) is 5.35. The Morgan fingerprint density at radius 2 is 2.10 bits per heavy atom. The first kappa shape index (κ1) is 19.7. The fraction of sp³-hybridized carbons (Fsp3) is 0.273. The van der Waals surface area contributed by atoms with E-state index in [0.29, 0.717) is 12.5 Å². The van der Waals surface area contributed by atoms with Crippen LogP contribution >= 0.6 is 11.7 Å². The Morgan fingerprint density at radius 3 is 2.94 bits per heavy atom. The van der Waals surface area contributed by atoms with E-state index in [1.54, 1.807) is 13.3 Å². The molecule has 4 aromatic rings. The van der Waals surface area contributed by atoms with E-state index in [9.17, 15) is 0 Å². The normalized spacial score (nSPS) is 13.7. The number of hydrogen-bond acceptors (Lipinski definition) is 9. The minimum Gasteiger partial charge on any atom is -0.495 e. The van der Waals surface area contributed by atoms with E-state index in [2.05, 4.69) is 48.4 Å². The van der Waals surface area contributed by atoms with Gasteiger partial charge in [-0.2, -0.15) is 8.75 Å². The van der Waals surface area contributed by atoms with Crippen LogP contribution in [0.4, 0.5) is 17.3 Å². The molecule has 3 heterocycles. The molecule has 1 aliphatic rings. The average molecular weight is 434 g/mol. The van der Waals surface area contributed by atoms with Gasteiger partial charge in [-0.3, -0.25) is 0 Å². The van der Waals surface area contributed by atoms with Gasteiger partial charge in [0, 0.05) is 30.4 Å². The topological polar surface area (TPSA) is 88.1 Å². The molecule has 31 heavy (non-hydrogen) atoms. The van der Waals surface area contributed by atoms with Crippen LogP contribution in [0.3, 0.4) is 0 Å². The number of nitrogens with zero attached hydrogens (tertiary/aromatic N) is 5. The van der Waals surface area contributed by atoms with Crippen molar-refractivity contribution in [1.82, 2.24) is 23.6 Å². The summed E-state index contributed by atoms with van der Waals surface area (Å²) in [5.74, 6) is 1.34. The minimum atomic E-state index is 0.538. The van der Waals surface area contributed by atoms with Crippen molar-refractivity contribution in [2.45, 2.75) is 19.5 Å². The first-order chi connectivity index (χ1) is 15.2. The molecule has 2 N–H and O–H groups in total. The van der Waals surface area contributed by atoms with Gasteiger partial charge in [-0.25, -0.2) is 9.97 Å². The third kappa shape index (κ3) is 4.28. The van der Waals surface area contributed by atoms with E-state index in [1.807, 2.05) is 24.4 Å². The van der Waals surface area contributed by atoms with Gasteiger partial charge in [-0.15, -0.1) is 0 Å². The number of nitrogens with one attached hydrogen (secondary N) is 2. The maximum absolute atomic E-state index is 5.63. The van der Waals surface area contributed by atoms with Gasteiger partial charge in [0.2, 0.25) is 5.95 Å². The van der Waals surface area contributed by atoms with Crippen LogP contribution < -0.4 is 15.4 Å². The molecule has 9 heteroatoms. The molecule has 0 fully saturated rings. The third-order valence-electron chi connectivity index (χ3n) is 5.43. The largest absolute Gasteiger partial charge is 0.495 e. The van der Waals surface area contributed by atoms with Gasteiger partial charge < -0.3 is 20.3 Å². The van der Waals surface area contributed by atoms with Gasteiger partial charge in [0.25, 0.3) is 0 Å². The highest BCUT2D eigenvalue weighted by atomic mass is 32.1. The summed E-state index contributed by atoms with van der Waals surface area (Å²) in [6.07, 6.45) is 4.63. The monoisotopic (exact) mass is 433 g/mol. The molecule has 0 bridgehead atoms. The highest BCUT2D eigenvalue weighted by molar-refractivity contribution is 6.99. The first-order valence-electron chi connectivity index (χ1n) is 10.1. The van der Waals surface area contributed by atoms with E-state index < -0.39 is 0 Å². The lowest BCUT2D eigenvalue weighted by Gasteiger charge is -2.26. The van der Waals surface area contributed by atoms with Gasteiger partial charge in [-0.05, 0) is 54.9 Å². The van der Waals surface area contributed by atoms with E-state index in [4.69, 9.17) is 9.72 Å². The second-order valence-corrected chi connectivity index (χ2v) is 8.21. The highest BCUT2D eigenvalue weighted by Crippen LogP contribution is 2.33. The second-order valence-electron chi connectivity index (χ2n) is 7.65.